The number of urea groups is 1. The number of hydrogen-bond acceptors (Lipinski definition) is 4. The molecule has 2 amide bonds. The molecule has 0 spiro atoms. The predicted octanol–water partition coefficient (Wildman–Crippen LogP) is 4.10. The van der Waals surface area contributed by atoms with Gasteiger partial charge in [0.1, 0.15) is 5.78 Å². The lowest BCUT2D eigenvalue weighted by atomic mass is 10.3. The monoisotopic (exact) mass is 298 g/mol. The Labute approximate surface area is 129 Å². The number of rotatable bonds is 3. The van der Waals surface area contributed by atoms with Crippen molar-refractivity contribution in [2.24, 2.45) is 10.2 Å². The van der Waals surface area contributed by atoms with Gasteiger partial charge in [-0.3, -0.25) is 5.43 Å². The number of carbonyl (C=O) groups excluding carboxylic acids is 2. The van der Waals surface area contributed by atoms with E-state index in [0.29, 0.717) is 5.69 Å². The summed E-state index contributed by atoms with van der Waals surface area (Å²) < 4.78 is 0. The standard InChI is InChI=1S/C13H12N4O.C3H6O/c18-13(16-14-11-7-3-1-4-8-11)17-15-12-9-5-2-6-10-12;1-3(2)4/h1-10,14H,(H,16,18);1-2H3. The third-order valence-corrected chi connectivity index (χ3v) is 2.10. The van der Waals surface area contributed by atoms with Crippen LogP contribution in [0.2, 0.25) is 0 Å². The largest absolute Gasteiger partial charge is 0.378 e. The van der Waals surface area contributed by atoms with Gasteiger partial charge in [0.05, 0.1) is 11.4 Å². The van der Waals surface area contributed by atoms with E-state index in [1.807, 2.05) is 48.5 Å². The van der Waals surface area contributed by atoms with Crippen LogP contribution in [0.3, 0.4) is 0 Å². The summed E-state index contributed by atoms with van der Waals surface area (Å²) in [5, 5.41) is 7.31. The molecule has 0 aliphatic heterocycles. The van der Waals surface area contributed by atoms with Crippen molar-refractivity contribution in [2.75, 3.05) is 5.43 Å². The van der Waals surface area contributed by atoms with Crippen molar-refractivity contribution in [3.8, 4) is 0 Å². The maximum atomic E-state index is 11.4. The van der Waals surface area contributed by atoms with Crippen LogP contribution in [0.15, 0.2) is 70.9 Å². The second-order valence-electron chi connectivity index (χ2n) is 4.36. The summed E-state index contributed by atoms with van der Waals surface area (Å²) >= 11 is 0. The minimum Gasteiger partial charge on any atom is -0.300 e. The molecule has 2 rings (SSSR count). The topological polar surface area (TPSA) is 82.9 Å². The Morgan fingerprint density at radius 1 is 0.864 bits per heavy atom. The number of Topliss-reactive ketones (excluding diaryl/α,β-unsaturated/α-hetero) is 1. The Balaban J connectivity index is 0.000000541. The molecule has 0 heterocycles. The fourth-order valence-electron chi connectivity index (χ4n) is 1.27. The van der Waals surface area contributed by atoms with E-state index in [0.717, 1.165) is 5.69 Å². The lowest BCUT2D eigenvalue weighted by molar-refractivity contribution is -0.114. The molecule has 0 saturated heterocycles. The summed E-state index contributed by atoms with van der Waals surface area (Å²) in [7, 11) is 0. The van der Waals surface area contributed by atoms with Crippen LogP contribution in [0.5, 0.6) is 0 Å². The molecule has 114 valence electrons. The molecule has 0 aliphatic carbocycles. The molecule has 0 aromatic heterocycles. The van der Waals surface area contributed by atoms with Crippen molar-refractivity contribution in [2.45, 2.75) is 13.8 Å². The first-order valence-corrected chi connectivity index (χ1v) is 6.63. The average Bonchev–Trinajstić information content (AvgIpc) is 2.52. The number of hydrogen-bond donors (Lipinski definition) is 2. The summed E-state index contributed by atoms with van der Waals surface area (Å²) in [5.74, 6) is 0.167. The normalized spacial score (nSPS) is 9.55. The average molecular weight is 298 g/mol. The summed E-state index contributed by atoms with van der Waals surface area (Å²) in [6.45, 7) is 3.06. The number of hydrazine groups is 1. The molecule has 22 heavy (non-hydrogen) atoms. The first-order chi connectivity index (χ1) is 10.6. The Bertz CT molecular complexity index is 609. The number of nitrogens with one attached hydrogen (secondary N) is 2. The molecule has 0 saturated carbocycles. The van der Waals surface area contributed by atoms with Crippen molar-refractivity contribution < 1.29 is 9.59 Å². The van der Waals surface area contributed by atoms with E-state index < -0.39 is 6.03 Å². The summed E-state index contributed by atoms with van der Waals surface area (Å²) in [6, 6.07) is 17.8. The van der Waals surface area contributed by atoms with Crippen LogP contribution in [0.4, 0.5) is 16.2 Å². The van der Waals surface area contributed by atoms with Crippen LogP contribution < -0.4 is 10.9 Å². The van der Waals surface area contributed by atoms with Crippen LogP contribution in [-0.4, -0.2) is 11.8 Å². The molecule has 6 nitrogen and oxygen atoms in total. The highest BCUT2D eigenvalue weighted by Crippen LogP contribution is 2.10. The van der Waals surface area contributed by atoms with Gasteiger partial charge in [0.2, 0.25) is 0 Å². The van der Waals surface area contributed by atoms with Crippen molar-refractivity contribution in [3.05, 3.63) is 60.7 Å². The van der Waals surface area contributed by atoms with E-state index in [1.54, 1.807) is 12.1 Å². The molecule has 0 unspecified atom stereocenters. The minimum absolute atomic E-state index is 0.167. The van der Waals surface area contributed by atoms with Gasteiger partial charge in [-0.1, -0.05) is 41.5 Å². The molecule has 0 fully saturated rings. The Morgan fingerprint density at radius 2 is 1.36 bits per heavy atom. The SMILES string of the molecule is CC(C)=O.O=C(N=Nc1ccccc1)NNc1ccccc1. The fraction of sp³-hybridized carbons (Fsp3) is 0.125. The lowest BCUT2D eigenvalue weighted by Crippen LogP contribution is -2.25. The van der Waals surface area contributed by atoms with E-state index in [2.05, 4.69) is 21.1 Å². The van der Waals surface area contributed by atoms with Gasteiger partial charge in [-0.2, -0.15) is 0 Å². The highest BCUT2D eigenvalue weighted by atomic mass is 16.2. The fourth-order valence-corrected chi connectivity index (χ4v) is 1.27. The molecule has 2 aromatic carbocycles. The predicted molar refractivity (Wildman–Crippen MR) is 85.9 cm³/mol. The number of benzene rings is 2. The zero-order valence-electron chi connectivity index (χ0n) is 12.5. The molecule has 0 atom stereocenters. The molecule has 2 N–H and O–H groups in total. The minimum atomic E-state index is -0.553. The first kappa shape index (κ1) is 17.0. The third-order valence-electron chi connectivity index (χ3n) is 2.10. The Morgan fingerprint density at radius 3 is 1.91 bits per heavy atom. The van der Waals surface area contributed by atoms with Crippen molar-refractivity contribution in [1.82, 2.24) is 5.43 Å². The van der Waals surface area contributed by atoms with Gasteiger partial charge in [-0.15, -0.1) is 5.11 Å². The van der Waals surface area contributed by atoms with E-state index >= 15 is 0 Å². The van der Waals surface area contributed by atoms with Crippen LogP contribution in [0.25, 0.3) is 0 Å². The van der Waals surface area contributed by atoms with Gasteiger partial charge in [-0.05, 0) is 38.1 Å². The van der Waals surface area contributed by atoms with E-state index in [4.69, 9.17) is 0 Å². The van der Waals surface area contributed by atoms with Crippen molar-refractivity contribution >= 4 is 23.2 Å². The number of azo groups is 1. The van der Waals surface area contributed by atoms with E-state index in [-0.39, 0.29) is 5.78 Å². The van der Waals surface area contributed by atoms with Gasteiger partial charge in [0.25, 0.3) is 0 Å². The summed E-state index contributed by atoms with van der Waals surface area (Å²) in [5.41, 5.74) is 6.56. The van der Waals surface area contributed by atoms with Crippen LogP contribution in [0, 0.1) is 0 Å². The van der Waals surface area contributed by atoms with Crippen molar-refractivity contribution in [3.63, 3.8) is 0 Å². The van der Waals surface area contributed by atoms with Gasteiger partial charge in [0, 0.05) is 0 Å². The summed E-state index contributed by atoms with van der Waals surface area (Å²) in [6.07, 6.45) is 0. The quantitative estimate of drug-likeness (QED) is 0.661. The number of amides is 2. The number of para-hydroxylation sites is 1. The molecule has 0 radical (unpaired) electrons. The maximum Gasteiger partial charge on any atom is 0.378 e. The number of carbonyl (C=O) groups is 2. The Hall–Kier alpha value is -3.02. The zero-order chi connectivity index (χ0) is 16.2. The Kier molecular flexibility index (Phi) is 7.60. The molecular formula is C16H18N4O2. The van der Waals surface area contributed by atoms with Crippen LogP contribution in [-0.2, 0) is 4.79 Å². The first-order valence-electron chi connectivity index (χ1n) is 6.63. The van der Waals surface area contributed by atoms with Gasteiger partial charge in [-0.25, -0.2) is 10.2 Å². The van der Waals surface area contributed by atoms with Gasteiger partial charge < -0.3 is 4.79 Å². The van der Waals surface area contributed by atoms with Crippen LogP contribution >= 0.6 is 0 Å². The lowest BCUT2D eigenvalue weighted by Gasteiger charge is -2.04. The van der Waals surface area contributed by atoms with E-state index in [1.165, 1.54) is 13.8 Å². The molecule has 0 aliphatic rings. The van der Waals surface area contributed by atoms with Crippen LogP contribution in [0.1, 0.15) is 13.8 Å². The van der Waals surface area contributed by atoms with Gasteiger partial charge in [0.15, 0.2) is 0 Å². The number of anilines is 1. The summed E-state index contributed by atoms with van der Waals surface area (Å²) in [4.78, 5) is 20.8. The van der Waals surface area contributed by atoms with Gasteiger partial charge >= 0.3 is 6.03 Å². The number of ketones is 1. The van der Waals surface area contributed by atoms with E-state index in [9.17, 15) is 9.59 Å². The highest BCUT2D eigenvalue weighted by Gasteiger charge is 1.96. The molecular weight excluding hydrogens is 280 g/mol. The second kappa shape index (κ2) is 9.82. The molecule has 2 aromatic rings. The molecule has 6 heteroatoms. The smallest absolute Gasteiger partial charge is 0.300 e. The molecule has 0 bridgehead atoms. The third kappa shape index (κ3) is 8.21. The second-order valence-corrected chi connectivity index (χ2v) is 4.36. The maximum absolute atomic E-state index is 11.4. The highest BCUT2D eigenvalue weighted by molar-refractivity contribution is 5.76. The van der Waals surface area contributed by atoms with Crippen molar-refractivity contribution in [1.29, 1.82) is 0 Å². The zero-order valence-corrected chi connectivity index (χ0v) is 12.5. The number of nitrogens with zero attached hydrogens (tertiary/aromatic N) is 2.